The summed E-state index contributed by atoms with van der Waals surface area (Å²) in [4.78, 5) is 19.3. The molecule has 0 unspecified atom stereocenters. The fourth-order valence-corrected chi connectivity index (χ4v) is 4.63. The first-order valence-corrected chi connectivity index (χ1v) is 11.4. The molecular weight excluding hydrogens is 394 g/mol. The maximum absolute atomic E-state index is 12.6. The number of hydrogen-bond donors (Lipinski definition) is 0. The van der Waals surface area contributed by atoms with Gasteiger partial charge in [-0.3, -0.25) is 4.79 Å². The van der Waals surface area contributed by atoms with Crippen LogP contribution in [0.15, 0.2) is 66.0 Å². The van der Waals surface area contributed by atoms with Gasteiger partial charge in [0.25, 0.3) is 0 Å². The van der Waals surface area contributed by atoms with E-state index < -0.39 is 0 Å². The molecule has 0 saturated carbocycles. The maximum atomic E-state index is 12.6. The third kappa shape index (κ3) is 4.87. The SMILES string of the molecule is COc1ccc(-c2cnc(SCC(=O)N3CCCCC3)n2Cc2ccccc2)cc1. The predicted octanol–water partition coefficient (Wildman–Crippen LogP) is 4.71. The van der Waals surface area contributed by atoms with Crippen molar-refractivity contribution in [2.75, 3.05) is 26.0 Å². The Bertz CT molecular complexity index is 964. The summed E-state index contributed by atoms with van der Waals surface area (Å²) < 4.78 is 7.49. The molecule has 2 heterocycles. The van der Waals surface area contributed by atoms with Crippen LogP contribution >= 0.6 is 11.8 Å². The van der Waals surface area contributed by atoms with E-state index in [4.69, 9.17) is 4.74 Å². The van der Waals surface area contributed by atoms with Crippen molar-refractivity contribution in [3.8, 4) is 17.0 Å². The highest BCUT2D eigenvalue weighted by atomic mass is 32.2. The minimum absolute atomic E-state index is 0.208. The normalized spacial score (nSPS) is 14.0. The molecule has 3 aromatic rings. The molecule has 0 radical (unpaired) electrons. The Labute approximate surface area is 182 Å². The number of carbonyl (C=O) groups is 1. The number of nitrogens with zero attached hydrogens (tertiary/aromatic N) is 3. The largest absolute Gasteiger partial charge is 0.497 e. The Balaban J connectivity index is 1.57. The van der Waals surface area contributed by atoms with Gasteiger partial charge in [0.05, 0.1) is 31.3 Å². The van der Waals surface area contributed by atoms with E-state index in [1.54, 1.807) is 7.11 Å². The van der Waals surface area contributed by atoms with Crippen molar-refractivity contribution in [1.82, 2.24) is 14.5 Å². The van der Waals surface area contributed by atoms with E-state index >= 15 is 0 Å². The second-order valence-corrected chi connectivity index (χ2v) is 8.40. The lowest BCUT2D eigenvalue weighted by molar-refractivity contribution is -0.129. The Morgan fingerprint density at radius 1 is 1.03 bits per heavy atom. The van der Waals surface area contributed by atoms with Crippen LogP contribution in [-0.2, 0) is 11.3 Å². The molecule has 4 rings (SSSR count). The smallest absolute Gasteiger partial charge is 0.233 e. The Hall–Kier alpha value is -2.73. The van der Waals surface area contributed by atoms with Crippen molar-refractivity contribution in [3.05, 3.63) is 66.4 Å². The van der Waals surface area contributed by atoms with Gasteiger partial charge in [-0.15, -0.1) is 0 Å². The lowest BCUT2D eigenvalue weighted by atomic mass is 10.1. The number of hydrogen-bond acceptors (Lipinski definition) is 4. The fraction of sp³-hybridized carbons (Fsp3) is 0.333. The van der Waals surface area contributed by atoms with Gasteiger partial charge in [-0.2, -0.15) is 0 Å². The standard InChI is InChI=1S/C24H27N3O2S/c1-29-21-12-10-20(11-13-21)22-16-25-24(27(22)17-19-8-4-2-5-9-19)30-18-23(28)26-14-6-3-7-15-26/h2,4-5,8-13,16H,3,6-7,14-15,17-18H2,1H3. The quantitative estimate of drug-likeness (QED) is 0.518. The highest BCUT2D eigenvalue weighted by Gasteiger charge is 2.19. The molecule has 0 spiro atoms. The average molecular weight is 422 g/mol. The van der Waals surface area contributed by atoms with E-state index in [0.717, 1.165) is 48.1 Å². The van der Waals surface area contributed by atoms with Gasteiger partial charge in [0.15, 0.2) is 5.16 Å². The number of aromatic nitrogens is 2. The van der Waals surface area contributed by atoms with Crippen LogP contribution in [0, 0.1) is 0 Å². The number of methoxy groups -OCH3 is 1. The van der Waals surface area contributed by atoms with Crippen LogP contribution in [0.3, 0.4) is 0 Å². The van der Waals surface area contributed by atoms with E-state index in [-0.39, 0.29) is 5.91 Å². The van der Waals surface area contributed by atoms with E-state index in [0.29, 0.717) is 12.3 Å². The summed E-state index contributed by atoms with van der Waals surface area (Å²) in [7, 11) is 1.67. The number of piperidine rings is 1. The number of thioether (sulfide) groups is 1. The summed E-state index contributed by atoms with van der Waals surface area (Å²) in [5.74, 6) is 1.46. The molecule has 1 aromatic heterocycles. The zero-order chi connectivity index (χ0) is 20.8. The van der Waals surface area contributed by atoms with Gasteiger partial charge in [-0.25, -0.2) is 4.98 Å². The molecule has 0 atom stereocenters. The van der Waals surface area contributed by atoms with Gasteiger partial charge in [-0.1, -0.05) is 42.1 Å². The van der Waals surface area contributed by atoms with E-state index in [9.17, 15) is 4.79 Å². The molecule has 1 fully saturated rings. The number of amides is 1. The predicted molar refractivity (Wildman–Crippen MR) is 121 cm³/mol. The van der Waals surface area contributed by atoms with Crippen LogP contribution in [0.2, 0.25) is 0 Å². The third-order valence-corrected chi connectivity index (χ3v) is 6.40. The van der Waals surface area contributed by atoms with Crippen LogP contribution in [0.4, 0.5) is 0 Å². The van der Waals surface area contributed by atoms with Crippen molar-refractivity contribution in [1.29, 1.82) is 0 Å². The maximum Gasteiger partial charge on any atom is 0.233 e. The van der Waals surface area contributed by atoms with Crippen LogP contribution < -0.4 is 4.74 Å². The van der Waals surface area contributed by atoms with Crippen molar-refractivity contribution in [2.24, 2.45) is 0 Å². The molecule has 1 saturated heterocycles. The van der Waals surface area contributed by atoms with Gasteiger partial charge < -0.3 is 14.2 Å². The van der Waals surface area contributed by atoms with Gasteiger partial charge in [0.2, 0.25) is 5.91 Å². The highest BCUT2D eigenvalue weighted by Crippen LogP contribution is 2.29. The Morgan fingerprint density at radius 3 is 2.47 bits per heavy atom. The zero-order valence-corrected chi connectivity index (χ0v) is 18.1. The number of benzene rings is 2. The second kappa shape index (κ2) is 9.85. The molecule has 1 aliphatic heterocycles. The topological polar surface area (TPSA) is 47.4 Å². The van der Waals surface area contributed by atoms with Gasteiger partial charge in [-0.05, 0) is 49.1 Å². The summed E-state index contributed by atoms with van der Waals surface area (Å²) in [6.45, 7) is 2.48. The van der Waals surface area contributed by atoms with Crippen LogP contribution in [0.5, 0.6) is 5.75 Å². The minimum Gasteiger partial charge on any atom is -0.497 e. The first-order chi connectivity index (χ1) is 14.7. The first kappa shape index (κ1) is 20.5. The summed E-state index contributed by atoms with van der Waals surface area (Å²) in [6.07, 6.45) is 5.35. The second-order valence-electron chi connectivity index (χ2n) is 7.46. The van der Waals surface area contributed by atoms with Crippen molar-refractivity contribution in [2.45, 2.75) is 31.0 Å². The molecular formula is C24H27N3O2S. The van der Waals surface area contributed by atoms with Crippen LogP contribution in [0.1, 0.15) is 24.8 Å². The summed E-state index contributed by atoms with van der Waals surface area (Å²) in [5, 5.41) is 0.870. The average Bonchev–Trinajstić information content (AvgIpc) is 3.21. The monoisotopic (exact) mass is 421 g/mol. The molecule has 1 amide bonds. The Morgan fingerprint density at radius 2 is 1.77 bits per heavy atom. The minimum atomic E-state index is 0.208. The van der Waals surface area contributed by atoms with E-state index in [2.05, 4.69) is 21.7 Å². The van der Waals surface area contributed by atoms with Gasteiger partial charge in [0.1, 0.15) is 5.75 Å². The molecule has 0 bridgehead atoms. The number of likely N-dealkylation sites (tertiary alicyclic amines) is 1. The summed E-state index contributed by atoms with van der Waals surface area (Å²) in [6, 6.07) is 18.4. The molecule has 30 heavy (non-hydrogen) atoms. The van der Waals surface area contributed by atoms with Crippen LogP contribution in [0.25, 0.3) is 11.3 Å². The first-order valence-electron chi connectivity index (χ1n) is 10.4. The number of rotatable bonds is 7. The van der Waals surface area contributed by atoms with Crippen molar-refractivity contribution in [3.63, 3.8) is 0 Å². The molecule has 5 nitrogen and oxygen atoms in total. The molecule has 2 aromatic carbocycles. The lowest BCUT2D eigenvalue weighted by Crippen LogP contribution is -2.36. The van der Waals surface area contributed by atoms with Gasteiger partial charge >= 0.3 is 0 Å². The van der Waals surface area contributed by atoms with E-state index in [1.165, 1.54) is 23.7 Å². The van der Waals surface area contributed by atoms with E-state index in [1.807, 2.05) is 53.6 Å². The summed E-state index contributed by atoms with van der Waals surface area (Å²) >= 11 is 1.53. The fourth-order valence-electron chi connectivity index (χ4n) is 3.75. The zero-order valence-electron chi connectivity index (χ0n) is 17.3. The molecule has 0 N–H and O–H groups in total. The van der Waals surface area contributed by atoms with Gasteiger partial charge in [0, 0.05) is 18.7 Å². The third-order valence-electron chi connectivity index (χ3n) is 5.42. The lowest BCUT2D eigenvalue weighted by Gasteiger charge is -2.26. The molecule has 156 valence electrons. The number of imidazole rings is 1. The number of carbonyl (C=O) groups excluding carboxylic acids is 1. The molecule has 1 aliphatic rings. The molecule has 0 aliphatic carbocycles. The molecule has 6 heteroatoms. The van der Waals surface area contributed by atoms with Crippen molar-refractivity contribution >= 4 is 17.7 Å². The number of ether oxygens (including phenoxy) is 1. The Kier molecular flexibility index (Phi) is 6.74. The van der Waals surface area contributed by atoms with Crippen molar-refractivity contribution < 1.29 is 9.53 Å². The summed E-state index contributed by atoms with van der Waals surface area (Å²) in [5.41, 5.74) is 3.32. The highest BCUT2D eigenvalue weighted by molar-refractivity contribution is 7.99. The van der Waals surface area contributed by atoms with Crippen LogP contribution in [-0.4, -0.2) is 46.3 Å².